The third-order valence-electron chi connectivity index (χ3n) is 9.11. The molecule has 4 fully saturated rings. The van der Waals surface area contributed by atoms with Crippen LogP contribution in [-0.4, -0.2) is 11.2 Å². The van der Waals surface area contributed by atoms with E-state index in [1.165, 1.54) is 44.9 Å². The number of aliphatic hydroxyl groups excluding tert-OH is 1. The lowest BCUT2D eigenvalue weighted by Crippen LogP contribution is -2.53. The molecule has 0 spiro atoms. The summed E-state index contributed by atoms with van der Waals surface area (Å²) in [6.07, 6.45) is 12.2. The minimum absolute atomic E-state index is 0.0000147. The highest BCUT2D eigenvalue weighted by molar-refractivity contribution is 5.08. The monoisotopic (exact) mass is 290 g/mol. The van der Waals surface area contributed by atoms with Gasteiger partial charge in [0.15, 0.2) is 0 Å². The molecule has 120 valence electrons. The zero-order valence-electron chi connectivity index (χ0n) is 14.3. The second kappa shape index (κ2) is 4.73. The Hall–Kier alpha value is -0.0400. The maximum absolute atomic E-state index is 10.1. The van der Waals surface area contributed by atoms with Gasteiger partial charge >= 0.3 is 0 Å². The highest BCUT2D eigenvalue weighted by Gasteiger charge is 2.59. The van der Waals surface area contributed by atoms with E-state index in [2.05, 4.69) is 20.8 Å². The fourth-order valence-corrected chi connectivity index (χ4v) is 7.50. The molecule has 8 atom stereocenters. The summed E-state index contributed by atoms with van der Waals surface area (Å²) >= 11 is 0. The zero-order valence-corrected chi connectivity index (χ0v) is 14.3. The van der Waals surface area contributed by atoms with E-state index >= 15 is 0 Å². The standard InChI is InChI=1S/C20H34O/c1-13-4-7-17-16-6-5-14-12-15(21)8-10-20(14,3)18(16)9-11-19(13,17)2/h13-18,21H,4-12H2,1-3H3/t13?,14-,15+,16-,17-,18-,19+,20-/m0/s1. The molecule has 1 nitrogen and oxygen atoms in total. The van der Waals surface area contributed by atoms with E-state index in [1.54, 1.807) is 0 Å². The van der Waals surface area contributed by atoms with Crippen LogP contribution >= 0.6 is 0 Å². The first-order valence-electron chi connectivity index (χ1n) is 9.63. The Balaban J connectivity index is 1.62. The van der Waals surface area contributed by atoms with E-state index in [0.29, 0.717) is 10.8 Å². The zero-order chi connectivity index (χ0) is 14.8. The molecule has 0 saturated heterocycles. The maximum Gasteiger partial charge on any atom is 0.0543 e. The Morgan fingerprint density at radius 2 is 1.52 bits per heavy atom. The third-order valence-corrected chi connectivity index (χ3v) is 9.11. The van der Waals surface area contributed by atoms with Gasteiger partial charge in [0.2, 0.25) is 0 Å². The van der Waals surface area contributed by atoms with Gasteiger partial charge in [-0.3, -0.25) is 0 Å². The topological polar surface area (TPSA) is 20.2 Å². The van der Waals surface area contributed by atoms with Crippen LogP contribution in [0.1, 0.15) is 78.6 Å². The molecule has 0 amide bonds. The van der Waals surface area contributed by atoms with Crippen molar-refractivity contribution in [3.8, 4) is 0 Å². The molecule has 0 heterocycles. The first-order valence-corrected chi connectivity index (χ1v) is 9.63. The summed E-state index contributed by atoms with van der Waals surface area (Å²) < 4.78 is 0. The number of aliphatic hydroxyl groups is 1. The molecule has 1 heteroatoms. The highest BCUT2D eigenvalue weighted by atomic mass is 16.3. The summed E-state index contributed by atoms with van der Waals surface area (Å²) in [6.45, 7) is 7.73. The summed E-state index contributed by atoms with van der Waals surface area (Å²) in [5.74, 6) is 4.74. The Bertz CT molecular complexity index is 418. The molecular weight excluding hydrogens is 256 g/mol. The first-order chi connectivity index (χ1) is 9.95. The van der Waals surface area contributed by atoms with Crippen LogP contribution in [0.2, 0.25) is 0 Å². The van der Waals surface area contributed by atoms with Crippen LogP contribution in [-0.2, 0) is 0 Å². The maximum atomic E-state index is 10.1. The van der Waals surface area contributed by atoms with Gasteiger partial charge in [-0.1, -0.05) is 20.8 Å². The van der Waals surface area contributed by atoms with Crippen LogP contribution in [0.25, 0.3) is 0 Å². The van der Waals surface area contributed by atoms with Gasteiger partial charge in [0.25, 0.3) is 0 Å². The molecule has 0 radical (unpaired) electrons. The van der Waals surface area contributed by atoms with Crippen LogP contribution < -0.4 is 0 Å². The molecule has 0 aromatic heterocycles. The third kappa shape index (κ3) is 1.92. The van der Waals surface area contributed by atoms with Crippen molar-refractivity contribution in [2.75, 3.05) is 0 Å². The van der Waals surface area contributed by atoms with Crippen molar-refractivity contribution < 1.29 is 5.11 Å². The first kappa shape index (κ1) is 14.5. The van der Waals surface area contributed by atoms with Crippen molar-refractivity contribution in [2.45, 2.75) is 84.7 Å². The lowest BCUT2D eigenvalue weighted by Gasteiger charge is -2.60. The van der Waals surface area contributed by atoms with Crippen molar-refractivity contribution in [2.24, 2.45) is 40.4 Å². The van der Waals surface area contributed by atoms with Gasteiger partial charge in [0.05, 0.1) is 6.10 Å². The highest BCUT2D eigenvalue weighted by Crippen LogP contribution is 2.67. The molecule has 0 aliphatic heterocycles. The van der Waals surface area contributed by atoms with Gasteiger partial charge in [-0.25, -0.2) is 0 Å². The number of rotatable bonds is 0. The van der Waals surface area contributed by atoms with Crippen LogP contribution in [0.4, 0.5) is 0 Å². The average Bonchev–Trinajstić information content (AvgIpc) is 2.76. The average molecular weight is 290 g/mol. The fourth-order valence-electron chi connectivity index (χ4n) is 7.50. The molecule has 1 unspecified atom stereocenters. The van der Waals surface area contributed by atoms with Gasteiger partial charge in [0.1, 0.15) is 0 Å². The summed E-state index contributed by atoms with van der Waals surface area (Å²) in [4.78, 5) is 0. The second-order valence-corrected chi connectivity index (χ2v) is 9.61. The predicted octanol–water partition coefficient (Wildman–Crippen LogP) is 5.03. The molecule has 4 aliphatic rings. The van der Waals surface area contributed by atoms with Gasteiger partial charge < -0.3 is 5.11 Å². The van der Waals surface area contributed by atoms with Crippen molar-refractivity contribution in [1.29, 1.82) is 0 Å². The predicted molar refractivity (Wildman–Crippen MR) is 86.9 cm³/mol. The molecule has 0 aromatic rings. The van der Waals surface area contributed by atoms with Crippen molar-refractivity contribution >= 4 is 0 Å². The van der Waals surface area contributed by atoms with Gasteiger partial charge in [0, 0.05) is 0 Å². The van der Waals surface area contributed by atoms with E-state index in [0.717, 1.165) is 42.4 Å². The van der Waals surface area contributed by atoms with Crippen molar-refractivity contribution in [3.05, 3.63) is 0 Å². The summed E-state index contributed by atoms with van der Waals surface area (Å²) in [5.41, 5.74) is 1.20. The van der Waals surface area contributed by atoms with Gasteiger partial charge in [-0.2, -0.15) is 0 Å². The number of hydrogen-bond acceptors (Lipinski definition) is 1. The summed E-state index contributed by atoms with van der Waals surface area (Å²) in [5, 5.41) is 10.1. The smallest absolute Gasteiger partial charge is 0.0543 e. The Labute approximate surface area is 130 Å². The summed E-state index contributed by atoms with van der Waals surface area (Å²) in [6, 6.07) is 0. The van der Waals surface area contributed by atoms with Crippen molar-refractivity contribution in [1.82, 2.24) is 0 Å². The molecule has 0 aromatic carbocycles. The van der Waals surface area contributed by atoms with Crippen LogP contribution in [0.15, 0.2) is 0 Å². The quantitative estimate of drug-likeness (QED) is 0.663. The Kier molecular flexibility index (Phi) is 3.27. The minimum Gasteiger partial charge on any atom is -0.393 e. The SMILES string of the molecule is CC1CC[C@H]2[C@@H]3CC[C@H]4C[C@H](O)CC[C@]4(C)[C@H]3CC[C@]12C. The molecule has 0 bridgehead atoms. The molecule has 4 saturated carbocycles. The summed E-state index contributed by atoms with van der Waals surface area (Å²) in [7, 11) is 0. The number of hydrogen-bond donors (Lipinski definition) is 1. The van der Waals surface area contributed by atoms with Crippen LogP contribution in [0, 0.1) is 40.4 Å². The van der Waals surface area contributed by atoms with E-state index < -0.39 is 0 Å². The molecule has 4 rings (SSSR count). The Morgan fingerprint density at radius 3 is 2.33 bits per heavy atom. The second-order valence-electron chi connectivity index (χ2n) is 9.61. The van der Waals surface area contributed by atoms with Gasteiger partial charge in [-0.15, -0.1) is 0 Å². The normalized spacial score (nSPS) is 60.0. The van der Waals surface area contributed by atoms with E-state index in [9.17, 15) is 5.11 Å². The molecule has 1 N–H and O–H groups in total. The Morgan fingerprint density at radius 1 is 0.810 bits per heavy atom. The van der Waals surface area contributed by atoms with Crippen LogP contribution in [0.5, 0.6) is 0 Å². The van der Waals surface area contributed by atoms with Crippen molar-refractivity contribution in [3.63, 3.8) is 0 Å². The lowest BCUT2D eigenvalue weighted by atomic mass is 9.45. The number of fused-ring (bicyclic) bond motifs is 5. The molecular formula is C20H34O. The fraction of sp³-hybridized carbons (Fsp3) is 1.00. The van der Waals surface area contributed by atoms with E-state index in [1.807, 2.05) is 0 Å². The minimum atomic E-state index is -0.0000147. The molecule has 21 heavy (non-hydrogen) atoms. The van der Waals surface area contributed by atoms with E-state index in [4.69, 9.17) is 0 Å². The van der Waals surface area contributed by atoms with Gasteiger partial charge in [-0.05, 0) is 98.2 Å². The largest absolute Gasteiger partial charge is 0.393 e. The molecule has 4 aliphatic carbocycles. The van der Waals surface area contributed by atoms with E-state index in [-0.39, 0.29) is 6.10 Å². The lowest BCUT2D eigenvalue weighted by molar-refractivity contribution is -0.125. The van der Waals surface area contributed by atoms with Crippen LogP contribution in [0.3, 0.4) is 0 Å².